The monoisotopic (exact) mass is 584 g/mol. The number of carboxylic acid groups (broad SMARTS) is 1. The summed E-state index contributed by atoms with van der Waals surface area (Å²) < 4.78 is 0. The van der Waals surface area contributed by atoms with Crippen LogP contribution in [0.3, 0.4) is 0 Å². The summed E-state index contributed by atoms with van der Waals surface area (Å²) in [6.07, 6.45) is 12.0. The molecular weight excluding hydrogens is 544 g/mol. The highest BCUT2D eigenvalue weighted by molar-refractivity contribution is 5.74. The van der Waals surface area contributed by atoms with E-state index in [4.69, 9.17) is 15.7 Å². The lowest BCUT2D eigenvalue weighted by atomic mass is 9.83. The number of likely N-dealkylation sites (tertiary alicyclic amines) is 1. The molecule has 2 atom stereocenters. The van der Waals surface area contributed by atoms with Gasteiger partial charge in [-0.2, -0.15) is 0 Å². The third kappa shape index (κ3) is 5.46. The van der Waals surface area contributed by atoms with E-state index < -0.39 is 5.97 Å². The predicted molar refractivity (Wildman–Crippen MR) is 164 cm³/mol. The van der Waals surface area contributed by atoms with Gasteiger partial charge in [0.2, 0.25) is 5.95 Å². The number of piperidine rings is 1. The van der Waals surface area contributed by atoms with Crippen molar-refractivity contribution in [3.63, 3.8) is 0 Å². The summed E-state index contributed by atoms with van der Waals surface area (Å²) in [5.74, 6) is 1.05. The number of hydrogen-bond acceptors (Lipinski definition) is 10. The van der Waals surface area contributed by atoms with E-state index in [-0.39, 0.29) is 23.8 Å². The molecule has 43 heavy (non-hydrogen) atoms. The third-order valence-corrected chi connectivity index (χ3v) is 10.3. The third-order valence-electron chi connectivity index (χ3n) is 10.3. The fourth-order valence-electron chi connectivity index (χ4n) is 7.85. The number of benzene rings is 1. The van der Waals surface area contributed by atoms with Crippen LogP contribution in [0.15, 0.2) is 42.7 Å². The summed E-state index contributed by atoms with van der Waals surface area (Å²) in [6, 6.07) is 10.2. The number of fused-ring (bicyclic) bond motifs is 2. The molecule has 0 radical (unpaired) electrons. The Bertz CT molecular complexity index is 1440. The van der Waals surface area contributed by atoms with E-state index in [1.54, 1.807) is 12.1 Å². The number of carboxylic acids is 1. The van der Waals surface area contributed by atoms with Crippen molar-refractivity contribution in [1.29, 1.82) is 0 Å². The van der Waals surface area contributed by atoms with Gasteiger partial charge in [0.1, 0.15) is 5.75 Å². The zero-order valence-electron chi connectivity index (χ0n) is 24.4. The van der Waals surface area contributed by atoms with Crippen LogP contribution in [0.25, 0.3) is 11.3 Å². The number of rotatable bonds is 6. The number of anilines is 3. The average Bonchev–Trinajstić information content (AvgIpc) is 3.30. The zero-order valence-corrected chi connectivity index (χ0v) is 24.4. The first kappa shape index (κ1) is 27.8. The molecule has 1 saturated carbocycles. The number of nitrogens with two attached hydrogens (primary N) is 1. The molecule has 3 aromatic rings. The Morgan fingerprint density at radius 2 is 1.51 bits per heavy atom. The second kappa shape index (κ2) is 11.6. The molecule has 2 unspecified atom stereocenters. The number of nitrogen functional groups attached to an aromatic ring is 1. The number of carbonyl (C=O) groups is 1. The molecule has 1 aliphatic carbocycles. The summed E-state index contributed by atoms with van der Waals surface area (Å²) in [6.45, 7) is 3.70. The van der Waals surface area contributed by atoms with E-state index in [9.17, 15) is 15.0 Å². The molecule has 11 nitrogen and oxygen atoms in total. The maximum Gasteiger partial charge on any atom is 0.306 e. The van der Waals surface area contributed by atoms with Crippen LogP contribution in [0, 0.1) is 5.92 Å². The molecule has 2 aromatic heterocycles. The van der Waals surface area contributed by atoms with Gasteiger partial charge in [0, 0.05) is 49.2 Å². The molecule has 3 aliphatic heterocycles. The van der Waals surface area contributed by atoms with Crippen molar-refractivity contribution in [2.45, 2.75) is 75.4 Å². The first-order chi connectivity index (χ1) is 20.9. The van der Waals surface area contributed by atoms with Crippen LogP contribution in [-0.4, -0.2) is 85.6 Å². The van der Waals surface area contributed by atoms with Crippen LogP contribution < -0.4 is 15.5 Å². The minimum atomic E-state index is -0.634. The Morgan fingerprint density at radius 1 is 0.860 bits per heavy atom. The minimum Gasteiger partial charge on any atom is -0.507 e. The lowest BCUT2D eigenvalue weighted by Crippen LogP contribution is -2.54. The first-order valence-electron chi connectivity index (χ1n) is 15.7. The van der Waals surface area contributed by atoms with E-state index in [2.05, 4.69) is 24.9 Å². The quantitative estimate of drug-likeness (QED) is 0.388. The smallest absolute Gasteiger partial charge is 0.306 e. The SMILES string of the molecule is Nc1nnc(-c2ccccc2O)cc1N1CC2CCC(C1)N2c1ncc(C2CCN(C3CCC(C(=O)O)CC3)CC2)cn1. The fraction of sp³-hybridized carbons (Fsp3) is 0.531. The van der Waals surface area contributed by atoms with Crippen molar-refractivity contribution >= 4 is 23.4 Å². The predicted octanol–water partition coefficient (Wildman–Crippen LogP) is 3.90. The largest absolute Gasteiger partial charge is 0.507 e. The van der Waals surface area contributed by atoms with Crippen LogP contribution in [0.1, 0.15) is 62.8 Å². The number of hydrogen-bond donors (Lipinski definition) is 3. The van der Waals surface area contributed by atoms with Crippen molar-refractivity contribution in [2.75, 3.05) is 41.7 Å². The Hall–Kier alpha value is -3.99. The van der Waals surface area contributed by atoms with Crippen molar-refractivity contribution in [3.8, 4) is 17.0 Å². The number of nitrogens with zero attached hydrogens (tertiary/aromatic N) is 7. The second-order valence-corrected chi connectivity index (χ2v) is 12.7. The summed E-state index contributed by atoms with van der Waals surface area (Å²) in [5.41, 5.74) is 9.62. The molecule has 2 bridgehead atoms. The Morgan fingerprint density at radius 3 is 2.16 bits per heavy atom. The summed E-state index contributed by atoms with van der Waals surface area (Å²) in [4.78, 5) is 28.3. The van der Waals surface area contributed by atoms with Gasteiger partial charge < -0.3 is 30.6 Å². The minimum absolute atomic E-state index is 0.156. The number of aromatic hydroxyl groups is 1. The van der Waals surface area contributed by atoms with Gasteiger partial charge in [-0.3, -0.25) is 4.79 Å². The molecule has 4 fully saturated rings. The van der Waals surface area contributed by atoms with E-state index in [0.717, 1.165) is 89.2 Å². The van der Waals surface area contributed by atoms with Crippen molar-refractivity contribution in [1.82, 2.24) is 25.1 Å². The van der Waals surface area contributed by atoms with Gasteiger partial charge in [-0.1, -0.05) is 12.1 Å². The van der Waals surface area contributed by atoms with Gasteiger partial charge in [0.15, 0.2) is 5.82 Å². The van der Waals surface area contributed by atoms with E-state index >= 15 is 0 Å². The van der Waals surface area contributed by atoms with Crippen LogP contribution >= 0.6 is 0 Å². The molecule has 226 valence electrons. The summed E-state index contributed by atoms with van der Waals surface area (Å²) >= 11 is 0. The van der Waals surface area contributed by atoms with Crippen LogP contribution in [0.5, 0.6) is 5.75 Å². The summed E-state index contributed by atoms with van der Waals surface area (Å²) in [7, 11) is 0. The van der Waals surface area contributed by atoms with Crippen LogP contribution in [0.2, 0.25) is 0 Å². The number of aromatic nitrogens is 4. The van der Waals surface area contributed by atoms with Gasteiger partial charge in [0.25, 0.3) is 0 Å². The molecule has 7 rings (SSSR count). The molecule has 5 heterocycles. The van der Waals surface area contributed by atoms with Crippen molar-refractivity contribution in [3.05, 3.63) is 48.3 Å². The van der Waals surface area contributed by atoms with Gasteiger partial charge in [-0.15, -0.1) is 10.2 Å². The molecular formula is C32H40N8O3. The lowest BCUT2D eigenvalue weighted by Gasteiger charge is -2.42. The molecule has 4 N–H and O–H groups in total. The van der Waals surface area contributed by atoms with Gasteiger partial charge in [-0.05, 0) is 94.1 Å². The van der Waals surface area contributed by atoms with Crippen LogP contribution in [-0.2, 0) is 4.79 Å². The number of piperazine rings is 1. The Labute approximate surface area is 251 Å². The van der Waals surface area contributed by atoms with E-state index in [1.165, 1.54) is 5.56 Å². The molecule has 0 spiro atoms. The van der Waals surface area contributed by atoms with Crippen molar-refractivity contribution in [2.24, 2.45) is 5.92 Å². The number of para-hydroxylation sites is 1. The normalized spacial score (nSPS) is 26.5. The van der Waals surface area contributed by atoms with Gasteiger partial charge in [0.05, 0.1) is 17.3 Å². The lowest BCUT2D eigenvalue weighted by molar-refractivity contribution is -0.143. The molecule has 3 saturated heterocycles. The van der Waals surface area contributed by atoms with Gasteiger partial charge in [-0.25, -0.2) is 9.97 Å². The van der Waals surface area contributed by atoms with E-state index in [0.29, 0.717) is 29.0 Å². The van der Waals surface area contributed by atoms with Gasteiger partial charge >= 0.3 is 5.97 Å². The maximum atomic E-state index is 11.3. The molecule has 0 amide bonds. The highest BCUT2D eigenvalue weighted by atomic mass is 16.4. The molecule has 1 aromatic carbocycles. The topological polar surface area (TPSA) is 145 Å². The molecule has 4 aliphatic rings. The average molecular weight is 585 g/mol. The number of phenols is 1. The van der Waals surface area contributed by atoms with E-state index in [1.807, 2.05) is 30.6 Å². The highest BCUT2D eigenvalue weighted by Crippen LogP contribution is 2.39. The maximum absolute atomic E-state index is 11.3. The second-order valence-electron chi connectivity index (χ2n) is 12.7. The first-order valence-corrected chi connectivity index (χ1v) is 15.7. The Kier molecular flexibility index (Phi) is 7.50. The number of phenolic OH excluding ortho intramolecular Hbond substituents is 1. The Balaban J connectivity index is 0.981. The summed E-state index contributed by atoms with van der Waals surface area (Å²) in [5, 5.41) is 28.1. The number of aliphatic carboxylic acids is 1. The molecule has 11 heteroatoms. The zero-order chi connectivity index (χ0) is 29.5. The standard InChI is InChI=1S/C32H40N8O3/c33-30-28(15-27(36-37-30)26-3-1-2-4-29(26)41)39-18-24-9-10-25(19-39)40(24)32-34-16-22(17-35-32)20-11-13-38(14-12-20)23-7-5-21(6-8-23)31(42)43/h1-4,15-17,20-21,23-25,41H,5-14,18-19H2,(H2,33,37)(H,42,43). The van der Waals surface area contributed by atoms with Crippen molar-refractivity contribution < 1.29 is 15.0 Å². The van der Waals surface area contributed by atoms with Crippen LogP contribution in [0.4, 0.5) is 17.5 Å². The highest BCUT2D eigenvalue weighted by Gasteiger charge is 2.42. The fourth-order valence-corrected chi connectivity index (χ4v) is 7.85.